The van der Waals surface area contributed by atoms with Crippen LogP contribution in [0.5, 0.6) is 5.75 Å². The van der Waals surface area contributed by atoms with E-state index in [0.717, 1.165) is 16.5 Å². The van der Waals surface area contributed by atoms with Crippen LogP contribution in [0.15, 0.2) is 22.7 Å². The maximum absolute atomic E-state index is 10.4. The predicted octanol–water partition coefficient (Wildman–Crippen LogP) is 2.66. The topological polar surface area (TPSA) is 26.3 Å². The van der Waals surface area contributed by atoms with Gasteiger partial charge in [-0.1, -0.05) is 0 Å². The molecule has 0 saturated carbocycles. The van der Waals surface area contributed by atoms with E-state index in [1.54, 1.807) is 18.2 Å². The van der Waals surface area contributed by atoms with Crippen molar-refractivity contribution in [2.45, 2.75) is 6.92 Å². The lowest BCUT2D eigenvalue weighted by molar-refractivity contribution is 0.112. The highest BCUT2D eigenvalue weighted by Gasteiger charge is 2.00. The van der Waals surface area contributed by atoms with Gasteiger partial charge in [0.1, 0.15) is 12.0 Å². The van der Waals surface area contributed by atoms with Crippen molar-refractivity contribution in [2.24, 2.45) is 0 Å². The van der Waals surface area contributed by atoms with E-state index in [2.05, 4.69) is 15.9 Å². The van der Waals surface area contributed by atoms with Gasteiger partial charge < -0.3 is 4.74 Å². The van der Waals surface area contributed by atoms with Crippen molar-refractivity contribution in [3.8, 4) is 5.75 Å². The van der Waals surface area contributed by atoms with Gasteiger partial charge in [-0.05, 0) is 41.1 Å². The molecular formula is C9H9BrO2. The van der Waals surface area contributed by atoms with Crippen molar-refractivity contribution in [3.63, 3.8) is 0 Å². The van der Waals surface area contributed by atoms with Crippen molar-refractivity contribution in [1.82, 2.24) is 0 Å². The van der Waals surface area contributed by atoms with Gasteiger partial charge in [0.05, 0.1) is 11.1 Å². The van der Waals surface area contributed by atoms with Crippen LogP contribution in [-0.2, 0) is 0 Å². The Hall–Kier alpha value is -0.830. The minimum atomic E-state index is 0.624. The Balaban J connectivity index is 2.94. The van der Waals surface area contributed by atoms with Gasteiger partial charge in [0.25, 0.3) is 0 Å². The Morgan fingerprint density at radius 3 is 2.83 bits per heavy atom. The molecule has 0 radical (unpaired) electrons. The van der Waals surface area contributed by atoms with Gasteiger partial charge >= 0.3 is 0 Å². The number of ether oxygens (including phenoxy) is 1. The zero-order valence-corrected chi connectivity index (χ0v) is 8.30. The zero-order valence-electron chi connectivity index (χ0n) is 6.71. The predicted molar refractivity (Wildman–Crippen MR) is 50.7 cm³/mol. The summed E-state index contributed by atoms with van der Waals surface area (Å²) in [6, 6.07) is 5.23. The van der Waals surface area contributed by atoms with E-state index in [1.165, 1.54) is 0 Å². The summed E-state index contributed by atoms with van der Waals surface area (Å²) in [7, 11) is 0. The molecule has 0 aliphatic heterocycles. The van der Waals surface area contributed by atoms with Gasteiger partial charge in [0.15, 0.2) is 0 Å². The second-order valence-electron chi connectivity index (χ2n) is 2.24. The number of hydrogen-bond acceptors (Lipinski definition) is 2. The Kier molecular flexibility index (Phi) is 3.29. The third kappa shape index (κ3) is 2.08. The smallest absolute Gasteiger partial charge is 0.150 e. The number of hydrogen-bond donors (Lipinski definition) is 0. The Morgan fingerprint density at radius 2 is 2.33 bits per heavy atom. The molecule has 2 nitrogen and oxygen atoms in total. The fraction of sp³-hybridized carbons (Fsp3) is 0.222. The molecule has 0 aromatic heterocycles. The van der Waals surface area contributed by atoms with Crippen LogP contribution in [0.2, 0.25) is 0 Å². The quantitative estimate of drug-likeness (QED) is 0.744. The van der Waals surface area contributed by atoms with Crippen LogP contribution in [0.3, 0.4) is 0 Å². The first-order valence-electron chi connectivity index (χ1n) is 3.65. The number of carbonyl (C=O) groups excluding carboxylic acids is 1. The highest BCUT2D eigenvalue weighted by atomic mass is 79.9. The fourth-order valence-electron chi connectivity index (χ4n) is 0.863. The number of aldehydes is 1. The third-order valence-corrected chi connectivity index (χ3v) is 2.01. The molecule has 0 aliphatic carbocycles. The second-order valence-corrected chi connectivity index (χ2v) is 3.10. The lowest BCUT2D eigenvalue weighted by atomic mass is 10.2. The maximum Gasteiger partial charge on any atom is 0.150 e. The summed E-state index contributed by atoms with van der Waals surface area (Å²) in [6.07, 6.45) is 0.806. The van der Waals surface area contributed by atoms with Crippen LogP contribution >= 0.6 is 15.9 Å². The number of rotatable bonds is 3. The highest BCUT2D eigenvalue weighted by molar-refractivity contribution is 9.10. The second kappa shape index (κ2) is 4.26. The van der Waals surface area contributed by atoms with E-state index in [0.29, 0.717) is 12.2 Å². The van der Waals surface area contributed by atoms with E-state index < -0.39 is 0 Å². The molecule has 0 amide bonds. The molecule has 0 spiro atoms. The van der Waals surface area contributed by atoms with Gasteiger partial charge in [-0.25, -0.2) is 0 Å². The monoisotopic (exact) mass is 228 g/mol. The van der Waals surface area contributed by atoms with Crippen molar-refractivity contribution in [3.05, 3.63) is 28.2 Å². The number of benzene rings is 1. The molecule has 1 aromatic carbocycles. The van der Waals surface area contributed by atoms with Gasteiger partial charge in [-0.15, -0.1) is 0 Å². The van der Waals surface area contributed by atoms with E-state index in [1.807, 2.05) is 6.92 Å². The van der Waals surface area contributed by atoms with E-state index in [9.17, 15) is 4.79 Å². The van der Waals surface area contributed by atoms with Gasteiger partial charge in [0.2, 0.25) is 0 Å². The summed E-state index contributed by atoms with van der Waals surface area (Å²) in [4.78, 5) is 10.4. The van der Waals surface area contributed by atoms with Gasteiger partial charge in [-0.3, -0.25) is 4.79 Å². The Labute approximate surface area is 79.7 Å². The van der Waals surface area contributed by atoms with Crippen molar-refractivity contribution >= 4 is 22.2 Å². The summed E-state index contributed by atoms with van der Waals surface area (Å²) in [5, 5.41) is 0. The van der Waals surface area contributed by atoms with Crippen LogP contribution in [-0.4, -0.2) is 12.9 Å². The van der Waals surface area contributed by atoms with Crippen LogP contribution in [0, 0.1) is 0 Å². The molecule has 0 atom stereocenters. The largest absolute Gasteiger partial charge is 0.493 e. The average molecular weight is 229 g/mol. The van der Waals surface area contributed by atoms with Crippen LogP contribution in [0.25, 0.3) is 0 Å². The van der Waals surface area contributed by atoms with Crippen LogP contribution < -0.4 is 4.74 Å². The fourth-order valence-corrected chi connectivity index (χ4v) is 1.37. The van der Waals surface area contributed by atoms with Gasteiger partial charge in [-0.2, -0.15) is 0 Å². The van der Waals surface area contributed by atoms with Crippen LogP contribution in [0.4, 0.5) is 0 Å². The Bertz CT molecular complexity index is 284. The highest BCUT2D eigenvalue weighted by Crippen LogP contribution is 2.25. The molecular weight excluding hydrogens is 220 g/mol. The lowest BCUT2D eigenvalue weighted by Gasteiger charge is -2.04. The van der Waals surface area contributed by atoms with Crippen molar-refractivity contribution in [2.75, 3.05) is 6.61 Å². The first kappa shape index (κ1) is 9.26. The number of halogens is 1. The number of carbonyl (C=O) groups is 1. The molecule has 0 fully saturated rings. The average Bonchev–Trinajstić information content (AvgIpc) is 2.09. The van der Waals surface area contributed by atoms with E-state index in [4.69, 9.17) is 4.74 Å². The molecule has 1 rings (SSSR count). The SMILES string of the molecule is CCOc1ccc(C=O)cc1Br. The standard InChI is InChI=1S/C9H9BrO2/c1-2-12-9-4-3-7(6-11)5-8(9)10/h3-6H,2H2,1H3. The Morgan fingerprint density at radius 1 is 1.58 bits per heavy atom. The normalized spacial score (nSPS) is 9.50. The maximum atomic E-state index is 10.4. The molecule has 3 heteroatoms. The summed E-state index contributed by atoms with van der Waals surface area (Å²) in [6.45, 7) is 2.54. The first-order valence-corrected chi connectivity index (χ1v) is 4.44. The minimum Gasteiger partial charge on any atom is -0.493 e. The molecule has 64 valence electrons. The minimum absolute atomic E-state index is 0.624. The summed E-state index contributed by atoms with van der Waals surface area (Å²) >= 11 is 3.31. The summed E-state index contributed by atoms with van der Waals surface area (Å²) in [5.41, 5.74) is 0.644. The summed E-state index contributed by atoms with van der Waals surface area (Å²) < 4.78 is 6.09. The van der Waals surface area contributed by atoms with E-state index >= 15 is 0 Å². The van der Waals surface area contributed by atoms with E-state index in [-0.39, 0.29) is 0 Å². The first-order chi connectivity index (χ1) is 5.77. The molecule has 0 aliphatic rings. The molecule has 0 saturated heterocycles. The summed E-state index contributed by atoms with van der Waals surface area (Å²) in [5.74, 6) is 0.767. The molecule has 1 aromatic rings. The molecule has 0 N–H and O–H groups in total. The van der Waals surface area contributed by atoms with Crippen LogP contribution in [0.1, 0.15) is 17.3 Å². The molecule has 0 heterocycles. The molecule has 12 heavy (non-hydrogen) atoms. The lowest BCUT2D eigenvalue weighted by Crippen LogP contribution is -1.92. The van der Waals surface area contributed by atoms with Crippen molar-refractivity contribution < 1.29 is 9.53 Å². The molecule has 0 unspecified atom stereocenters. The zero-order chi connectivity index (χ0) is 8.97. The molecule has 0 bridgehead atoms. The third-order valence-electron chi connectivity index (χ3n) is 1.39. The van der Waals surface area contributed by atoms with Crippen molar-refractivity contribution in [1.29, 1.82) is 0 Å². The van der Waals surface area contributed by atoms with Gasteiger partial charge in [0, 0.05) is 5.56 Å².